The Labute approximate surface area is 359 Å². The molecule has 0 aliphatic heterocycles. The second-order valence-corrected chi connectivity index (χ2v) is 16.2. The van der Waals surface area contributed by atoms with Crippen molar-refractivity contribution >= 4 is 71.6 Å². The van der Waals surface area contributed by atoms with Crippen molar-refractivity contribution < 1.29 is 4.42 Å². The SMILES string of the molecule is Cc1ccccc1-c1ccc(-c2cccc(N(c3ccc(-c4cccc5c4oc4ccccc45)cc3)c3ccc4ccccc4c3)c2)cc1-c1cccc2c1[nH]c1ccccc12. The topological polar surface area (TPSA) is 32.2 Å². The summed E-state index contributed by atoms with van der Waals surface area (Å²) in [4.78, 5) is 6.16. The Morgan fingerprint density at radius 3 is 1.90 bits per heavy atom. The molecule has 12 rings (SSSR count). The van der Waals surface area contributed by atoms with Crippen LogP contribution in [0.1, 0.15) is 5.56 Å². The van der Waals surface area contributed by atoms with Crippen molar-refractivity contribution in [3.05, 3.63) is 224 Å². The Hall–Kier alpha value is -8.14. The van der Waals surface area contributed by atoms with Gasteiger partial charge in [-0.25, -0.2) is 0 Å². The Morgan fingerprint density at radius 2 is 1.02 bits per heavy atom. The molecule has 3 nitrogen and oxygen atoms in total. The third kappa shape index (κ3) is 5.97. The number of hydrogen-bond acceptors (Lipinski definition) is 2. The molecule has 292 valence electrons. The summed E-state index contributed by atoms with van der Waals surface area (Å²) in [7, 11) is 0. The maximum absolute atomic E-state index is 6.45. The van der Waals surface area contributed by atoms with Crippen molar-refractivity contribution in [3.63, 3.8) is 0 Å². The van der Waals surface area contributed by atoms with Crippen LogP contribution in [0.15, 0.2) is 223 Å². The van der Waals surface area contributed by atoms with Crippen LogP contribution in [0.25, 0.3) is 99.0 Å². The maximum Gasteiger partial charge on any atom is 0.143 e. The lowest BCUT2D eigenvalue weighted by Crippen LogP contribution is -2.10. The predicted octanol–water partition coefficient (Wildman–Crippen LogP) is 16.8. The summed E-state index contributed by atoms with van der Waals surface area (Å²) in [5, 5.41) is 7.14. The van der Waals surface area contributed by atoms with E-state index in [0.29, 0.717) is 0 Å². The molecule has 3 heteroatoms. The second-order valence-electron chi connectivity index (χ2n) is 16.2. The van der Waals surface area contributed by atoms with E-state index in [0.717, 1.165) is 72.3 Å². The first kappa shape index (κ1) is 35.8. The lowest BCUT2D eigenvalue weighted by molar-refractivity contribution is 0.670. The van der Waals surface area contributed by atoms with E-state index in [1.165, 1.54) is 49.4 Å². The zero-order valence-electron chi connectivity index (χ0n) is 34.1. The number of nitrogens with zero attached hydrogens (tertiary/aromatic N) is 1. The molecular formula is C59H40N2O. The van der Waals surface area contributed by atoms with Gasteiger partial charge in [-0.3, -0.25) is 0 Å². The van der Waals surface area contributed by atoms with Gasteiger partial charge in [0.15, 0.2) is 0 Å². The van der Waals surface area contributed by atoms with Crippen LogP contribution >= 0.6 is 0 Å². The largest absolute Gasteiger partial charge is 0.455 e. The number of nitrogens with one attached hydrogen (secondary N) is 1. The summed E-state index contributed by atoms with van der Waals surface area (Å²) >= 11 is 0. The van der Waals surface area contributed by atoms with Crippen LogP contribution in [0.4, 0.5) is 17.1 Å². The highest BCUT2D eigenvalue weighted by molar-refractivity contribution is 6.13. The zero-order chi connectivity index (χ0) is 41.1. The van der Waals surface area contributed by atoms with Crippen LogP contribution < -0.4 is 4.90 Å². The number of para-hydroxylation sites is 4. The van der Waals surface area contributed by atoms with Gasteiger partial charge >= 0.3 is 0 Å². The number of aromatic nitrogens is 1. The van der Waals surface area contributed by atoms with Gasteiger partial charge in [0, 0.05) is 55.3 Å². The standard InChI is InChI=1S/C59H40N2O/c1-38-13-2-5-18-47(38)49-34-30-43(37-55(49)53-23-12-22-52-50-19-6-8-25-56(50)60-58(52)53)42-16-10-17-45(36-42)61(46-33-27-39-14-3-4-15-41(39)35-46)44-31-28-40(29-32-44)48-21-11-24-54-51-20-7-9-26-57(51)62-59(48)54/h2-37,60H,1H3. The summed E-state index contributed by atoms with van der Waals surface area (Å²) in [5.74, 6) is 0. The quantitative estimate of drug-likeness (QED) is 0.174. The Kier molecular flexibility index (Phi) is 8.39. The molecule has 0 bridgehead atoms. The van der Waals surface area contributed by atoms with Gasteiger partial charge in [0.05, 0.1) is 5.52 Å². The summed E-state index contributed by atoms with van der Waals surface area (Å²) in [6.45, 7) is 2.20. The first-order valence-electron chi connectivity index (χ1n) is 21.2. The summed E-state index contributed by atoms with van der Waals surface area (Å²) in [6.07, 6.45) is 0. The summed E-state index contributed by atoms with van der Waals surface area (Å²) in [5.41, 5.74) is 17.9. The van der Waals surface area contributed by atoms with Gasteiger partial charge in [-0.1, -0.05) is 164 Å². The molecule has 62 heavy (non-hydrogen) atoms. The zero-order valence-corrected chi connectivity index (χ0v) is 34.1. The molecule has 0 amide bonds. The van der Waals surface area contributed by atoms with Crippen molar-refractivity contribution in [2.45, 2.75) is 6.92 Å². The van der Waals surface area contributed by atoms with E-state index in [-0.39, 0.29) is 0 Å². The molecule has 0 saturated carbocycles. The van der Waals surface area contributed by atoms with Crippen LogP contribution in [-0.2, 0) is 0 Å². The first-order chi connectivity index (χ1) is 30.6. The minimum Gasteiger partial charge on any atom is -0.455 e. The van der Waals surface area contributed by atoms with Gasteiger partial charge in [0.1, 0.15) is 11.2 Å². The van der Waals surface area contributed by atoms with E-state index in [9.17, 15) is 0 Å². The number of fused-ring (bicyclic) bond motifs is 7. The van der Waals surface area contributed by atoms with Crippen molar-refractivity contribution in [1.82, 2.24) is 4.98 Å². The highest BCUT2D eigenvalue weighted by Gasteiger charge is 2.19. The lowest BCUT2D eigenvalue weighted by Gasteiger charge is -2.27. The Bertz CT molecular complexity index is 3660. The molecule has 0 atom stereocenters. The number of rotatable bonds is 7. The number of anilines is 3. The normalized spacial score (nSPS) is 11.6. The number of furan rings is 1. The fourth-order valence-corrected chi connectivity index (χ4v) is 9.51. The molecule has 0 spiro atoms. The number of benzene rings is 10. The first-order valence-corrected chi connectivity index (χ1v) is 21.2. The third-order valence-electron chi connectivity index (χ3n) is 12.6. The maximum atomic E-state index is 6.45. The minimum atomic E-state index is 0.904. The molecule has 0 fully saturated rings. The van der Waals surface area contributed by atoms with E-state index in [1.807, 2.05) is 12.1 Å². The average Bonchev–Trinajstić information content (AvgIpc) is 3.91. The third-order valence-corrected chi connectivity index (χ3v) is 12.6. The van der Waals surface area contributed by atoms with Gasteiger partial charge in [-0.05, 0) is 111 Å². The summed E-state index contributed by atoms with van der Waals surface area (Å²) in [6, 6.07) is 78.8. The predicted molar refractivity (Wildman–Crippen MR) is 262 cm³/mol. The van der Waals surface area contributed by atoms with Crippen molar-refractivity contribution in [1.29, 1.82) is 0 Å². The molecule has 0 aliphatic rings. The molecule has 0 unspecified atom stereocenters. The molecule has 10 aromatic carbocycles. The van der Waals surface area contributed by atoms with E-state index in [2.05, 4.69) is 223 Å². The van der Waals surface area contributed by atoms with Gasteiger partial charge in [0.25, 0.3) is 0 Å². The highest BCUT2D eigenvalue weighted by atomic mass is 16.3. The smallest absolute Gasteiger partial charge is 0.143 e. The highest BCUT2D eigenvalue weighted by Crippen LogP contribution is 2.44. The minimum absolute atomic E-state index is 0.904. The molecule has 0 radical (unpaired) electrons. The monoisotopic (exact) mass is 792 g/mol. The Balaban J connectivity index is 1.00. The van der Waals surface area contributed by atoms with Crippen molar-refractivity contribution in [2.24, 2.45) is 0 Å². The fraction of sp³-hybridized carbons (Fsp3) is 0.0169. The Morgan fingerprint density at radius 1 is 0.371 bits per heavy atom. The fourth-order valence-electron chi connectivity index (χ4n) is 9.51. The molecular weight excluding hydrogens is 753 g/mol. The number of aromatic amines is 1. The molecule has 12 aromatic rings. The van der Waals surface area contributed by atoms with Gasteiger partial charge < -0.3 is 14.3 Å². The van der Waals surface area contributed by atoms with Gasteiger partial charge in [-0.2, -0.15) is 0 Å². The van der Waals surface area contributed by atoms with E-state index < -0.39 is 0 Å². The van der Waals surface area contributed by atoms with Crippen LogP contribution in [-0.4, -0.2) is 4.98 Å². The van der Waals surface area contributed by atoms with Crippen molar-refractivity contribution in [3.8, 4) is 44.5 Å². The molecule has 2 heterocycles. The number of aryl methyl sites for hydroxylation is 1. The van der Waals surface area contributed by atoms with Gasteiger partial charge in [0.2, 0.25) is 0 Å². The molecule has 1 N–H and O–H groups in total. The number of H-pyrrole nitrogens is 1. The van der Waals surface area contributed by atoms with Crippen LogP contribution in [0.5, 0.6) is 0 Å². The number of hydrogen-bond donors (Lipinski definition) is 1. The second kappa shape index (κ2) is 14.5. The van der Waals surface area contributed by atoms with Crippen LogP contribution in [0.3, 0.4) is 0 Å². The van der Waals surface area contributed by atoms with Crippen LogP contribution in [0.2, 0.25) is 0 Å². The van der Waals surface area contributed by atoms with E-state index >= 15 is 0 Å². The average molecular weight is 793 g/mol. The van der Waals surface area contributed by atoms with E-state index in [1.54, 1.807) is 0 Å². The van der Waals surface area contributed by atoms with Gasteiger partial charge in [-0.15, -0.1) is 0 Å². The lowest BCUT2D eigenvalue weighted by atomic mass is 9.88. The molecule has 0 saturated heterocycles. The molecule has 0 aliphatic carbocycles. The molecule has 2 aromatic heterocycles. The van der Waals surface area contributed by atoms with E-state index in [4.69, 9.17) is 4.42 Å². The van der Waals surface area contributed by atoms with Crippen LogP contribution in [0, 0.1) is 6.92 Å². The summed E-state index contributed by atoms with van der Waals surface area (Å²) < 4.78 is 6.45. The van der Waals surface area contributed by atoms with Crippen molar-refractivity contribution in [2.75, 3.05) is 4.90 Å².